The topological polar surface area (TPSA) is 24.1 Å². The Morgan fingerprint density at radius 3 is 2.33 bits per heavy atom. The molecule has 0 spiro atoms. The van der Waals surface area contributed by atoms with Crippen LogP contribution >= 0.6 is 0 Å². The van der Waals surface area contributed by atoms with Gasteiger partial charge in [0.05, 0.1) is 0 Å². The summed E-state index contributed by atoms with van der Waals surface area (Å²) < 4.78 is 0. The summed E-state index contributed by atoms with van der Waals surface area (Å²) in [5, 5.41) is 7.03. The van der Waals surface area contributed by atoms with Gasteiger partial charge in [0.1, 0.15) is 5.82 Å². The lowest BCUT2D eigenvalue weighted by Crippen LogP contribution is -2.16. The first-order valence-corrected chi connectivity index (χ1v) is 6.04. The van der Waals surface area contributed by atoms with Crippen LogP contribution in [0.1, 0.15) is 53.9 Å². The standard InChI is InChI=1S/C13H24N2/c1-6-8-11-12(10(5)7-2)15-13(14-11)9(3)4/h10,14-15H,6-8H2,1-5H3. The van der Waals surface area contributed by atoms with E-state index in [0.29, 0.717) is 5.92 Å². The van der Waals surface area contributed by atoms with Gasteiger partial charge in [-0.3, -0.25) is 0 Å². The van der Waals surface area contributed by atoms with Crippen molar-refractivity contribution in [3.63, 3.8) is 0 Å². The lowest BCUT2D eigenvalue weighted by Gasteiger charge is -2.12. The van der Waals surface area contributed by atoms with Crippen LogP contribution in [0.25, 0.3) is 0 Å². The highest BCUT2D eigenvalue weighted by Gasteiger charge is 2.21. The summed E-state index contributed by atoms with van der Waals surface area (Å²) in [6.07, 6.45) is 3.52. The van der Waals surface area contributed by atoms with E-state index in [1.807, 2.05) is 0 Å². The van der Waals surface area contributed by atoms with Gasteiger partial charge in [-0.1, -0.05) is 27.2 Å². The molecule has 1 rings (SSSR count). The third-order valence-corrected chi connectivity index (χ3v) is 2.97. The Hall–Kier alpha value is -0.920. The van der Waals surface area contributed by atoms with E-state index in [4.69, 9.17) is 0 Å². The molecule has 1 atom stereocenters. The Morgan fingerprint density at radius 1 is 1.20 bits per heavy atom. The molecule has 86 valence electrons. The van der Waals surface area contributed by atoms with Crippen molar-refractivity contribution in [1.82, 2.24) is 10.6 Å². The first kappa shape index (κ1) is 12.2. The van der Waals surface area contributed by atoms with E-state index in [1.165, 1.54) is 35.6 Å². The van der Waals surface area contributed by atoms with Crippen LogP contribution in [-0.4, -0.2) is 0 Å². The molecule has 0 aliphatic carbocycles. The molecule has 0 saturated heterocycles. The smallest absolute Gasteiger partial charge is 0.106 e. The van der Waals surface area contributed by atoms with Crippen LogP contribution in [0.3, 0.4) is 0 Å². The van der Waals surface area contributed by atoms with Crippen LogP contribution in [0.4, 0.5) is 0 Å². The molecule has 1 aliphatic rings. The average Bonchev–Trinajstić information content (AvgIpc) is 2.61. The second-order valence-electron chi connectivity index (χ2n) is 4.58. The van der Waals surface area contributed by atoms with Crippen molar-refractivity contribution in [3.8, 4) is 0 Å². The highest BCUT2D eigenvalue weighted by molar-refractivity contribution is 5.30. The summed E-state index contributed by atoms with van der Waals surface area (Å²) in [5.41, 5.74) is 4.11. The average molecular weight is 208 g/mol. The molecule has 2 heteroatoms. The maximum absolute atomic E-state index is 3.52. The van der Waals surface area contributed by atoms with E-state index in [1.54, 1.807) is 0 Å². The van der Waals surface area contributed by atoms with Crippen molar-refractivity contribution in [2.75, 3.05) is 0 Å². The van der Waals surface area contributed by atoms with Crippen molar-refractivity contribution < 1.29 is 0 Å². The van der Waals surface area contributed by atoms with Crippen LogP contribution in [-0.2, 0) is 0 Å². The Morgan fingerprint density at radius 2 is 1.87 bits per heavy atom. The normalized spacial score (nSPS) is 17.5. The van der Waals surface area contributed by atoms with E-state index >= 15 is 0 Å². The first-order valence-electron chi connectivity index (χ1n) is 6.04. The summed E-state index contributed by atoms with van der Waals surface area (Å²) >= 11 is 0. The van der Waals surface area contributed by atoms with Crippen LogP contribution < -0.4 is 10.6 Å². The molecule has 15 heavy (non-hydrogen) atoms. The molecule has 0 fully saturated rings. The van der Waals surface area contributed by atoms with Crippen LogP contribution in [0, 0.1) is 5.92 Å². The van der Waals surface area contributed by atoms with Gasteiger partial charge < -0.3 is 10.6 Å². The molecule has 0 aromatic heterocycles. The van der Waals surface area contributed by atoms with Gasteiger partial charge >= 0.3 is 0 Å². The second-order valence-corrected chi connectivity index (χ2v) is 4.58. The quantitative estimate of drug-likeness (QED) is 0.739. The molecule has 0 bridgehead atoms. The van der Waals surface area contributed by atoms with E-state index in [2.05, 4.69) is 45.3 Å². The minimum absolute atomic E-state index is 0.621. The summed E-state index contributed by atoms with van der Waals surface area (Å²) in [7, 11) is 0. The Labute approximate surface area is 93.8 Å². The molecular weight excluding hydrogens is 184 g/mol. The molecule has 1 heterocycles. The fourth-order valence-corrected chi connectivity index (χ4v) is 1.78. The van der Waals surface area contributed by atoms with E-state index < -0.39 is 0 Å². The zero-order valence-electron chi connectivity index (χ0n) is 10.7. The molecule has 1 unspecified atom stereocenters. The lowest BCUT2D eigenvalue weighted by molar-refractivity contribution is 0.615. The van der Waals surface area contributed by atoms with E-state index in [-0.39, 0.29) is 0 Å². The van der Waals surface area contributed by atoms with Crippen molar-refractivity contribution in [2.45, 2.75) is 53.9 Å². The molecule has 2 N–H and O–H groups in total. The van der Waals surface area contributed by atoms with Gasteiger partial charge in [0, 0.05) is 11.4 Å². The molecule has 0 saturated carbocycles. The van der Waals surface area contributed by atoms with Crippen LogP contribution in [0.5, 0.6) is 0 Å². The molecule has 0 radical (unpaired) electrons. The van der Waals surface area contributed by atoms with Crippen molar-refractivity contribution in [1.29, 1.82) is 0 Å². The molecule has 0 aromatic rings. The lowest BCUT2D eigenvalue weighted by atomic mass is 10.0. The third-order valence-electron chi connectivity index (χ3n) is 2.97. The summed E-state index contributed by atoms with van der Waals surface area (Å²) in [6, 6.07) is 0. The minimum Gasteiger partial charge on any atom is -0.344 e. The Kier molecular flexibility index (Phi) is 4.25. The molecule has 0 amide bonds. The van der Waals surface area contributed by atoms with Crippen molar-refractivity contribution in [2.24, 2.45) is 5.92 Å². The first-order chi connectivity index (χ1) is 7.10. The van der Waals surface area contributed by atoms with E-state index in [9.17, 15) is 0 Å². The largest absolute Gasteiger partial charge is 0.344 e. The van der Waals surface area contributed by atoms with Gasteiger partial charge in [-0.05, 0) is 38.2 Å². The number of rotatable bonds is 4. The highest BCUT2D eigenvalue weighted by Crippen LogP contribution is 2.24. The number of hydrogen-bond acceptors (Lipinski definition) is 2. The van der Waals surface area contributed by atoms with E-state index in [0.717, 1.165) is 6.42 Å². The van der Waals surface area contributed by atoms with Gasteiger partial charge in [-0.2, -0.15) is 0 Å². The number of allylic oxidation sites excluding steroid dienone is 3. The van der Waals surface area contributed by atoms with Gasteiger partial charge in [0.15, 0.2) is 0 Å². The number of nitrogens with one attached hydrogen (secondary N) is 2. The van der Waals surface area contributed by atoms with Crippen LogP contribution in [0.2, 0.25) is 0 Å². The van der Waals surface area contributed by atoms with Gasteiger partial charge in [-0.15, -0.1) is 0 Å². The minimum atomic E-state index is 0.621. The summed E-state index contributed by atoms with van der Waals surface area (Å²) in [5.74, 6) is 1.81. The molecule has 1 aliphatic heterocycles. The molecule has 2 nitrogen and oxygen atoms in total. The van der Waals surface area contributed by atoms with Gasteiger partial charge in [0.25, 0.3) is 0 Å². The molecular formula is C13H24N2. The Bertz CT molecular complexity index is 283. The van der Waals surface area contributed by atoms with Crippen LogP contribution in [0.15, 0.2) is 22.8 Å². The summed E-state index contributed by atoms with van der Waals surface area (Å²) in [4.78, 5) is 0. The van der Waals surface area contributed by atoms with Gasteiger partial charge in [0.2, 0.25) is 0 Å². The fraction of sp³-hybridized carbons (Fsp3) is 0.692. The predicted octanol–water partition coefficient (Wildman–Crippen LogP) is 3.49. The Balaban J connectivity index is 2.86. The SMILES string of the molecule is CCCC1=C(C(C)CC)NC(=C(C)C)N1. The monoisotopic (exact) mass is 208 g/mol. The highest BCUT2D eigenvalue weighted by atomic mass is 15.2. The third kappa shape index (κ3) is 2.77. The maximum Gasteiger partial charge on any atom is 0.106 e. The maximum atomic E-state index is 3.52. The van der Waals surface area contributed by atoms with Gasteiger partial charge in [-0.25, -0.2) is 0 Å². The zero-order valence-corrected chi connectivity index (χ0v) is 10.7. The molecule has 0 aromatic carbocycles. The fourth-order valence-electron chi connectivity index (χ4n) is 1.78. The van der Waals surface area contributed by atoms with Crippen molar-refractivity contribution >= 4 is 0 Å². The zero-order chi connectivity index (χ0) is 11.4. The number of hydrogen-bond donors (Lipinski definition) is 2. The predicted molar refractivity (Wildman–Crippen MR) is 66.0 cm³/mol. The van der Waals surface area contributed by atoms with Crippen molar-refractivity contribution in [3.05, 3.63) is 22.8 Å². The summed E-state index contributed by atoms with van der Waals surface area (Å²) in [6.45, 7) is 11.0. The second kappa shape index (κ2) is 5.24.